The molecular formula is C18H24N4O3. The summed E-state index contributed by atoms with van der Waals surface area (Å²) in [5.41, 5.74) is 2.98. The van der Waals surface area contributed by atoms with E-state index in [0.717, 1.165) is 34.6 Å². The van der Waals surface area contributed by atoms with Gasteiger partial charge in [-0.2, -0.15) is 5.10 Å². The van der Waals surface area contributed by atoms with Crippen LogP contribution in [0.15, 0.2) is 24.5 Å². The zero-order valence-corrected chi connectivity index (χ0v) is 15.0. The second kappa shape index (κ2) is 7.04. The van der Waals surface area contributed by atoms with Gasteiger partial charge < -0.3 is 20.1 Å². The molecule has 0 bridgehead atoms. The summed E-state index contributed by atoms with van der Waals surface area (Å²) in [6.45, 7) is 4.32. The van der Waals surface area contributed by atoms with Gasteiger partial charge in [0.2, 0.25) is 0 Å². The van der Waals surface area contributed by atoms with E-state index in [1.165, 1.54) is 0 Å². The van der Waals surface area contributed by atoms with Crippen molar-refractivity contribution in [3.05, 3.63) is 41.2 Å². The highest BCUT2D eigenvalue weighted by Crippen LogP contribution is 2.34. The van der Waals surface area contributed by atoms with Gasteiger partial charge in [-0.25, -0.2) is 4.79 Å². The van der Waals surface area contributed by atoms with Crippen molar-refractivity contribution in [2.75, 3.05) is 7.11 Å². The highest BCUT2D eigenvalue weighted by atomic mass is 16.5. The van der Waals surface area contributed by atoms with Crippen molar-refractivity contribution in [3.63, 3.8) is 0 Å². The number of methoxy groups -OCH3 is 1. The topological polar surface area (TPSA) is 77.4 Å². The minimum atomic E-state index is -0.242. The van der Waals surface area contributed by atoms with Crippen LogP contribution in [0.25, 0.3) is 0 Å². The standard InChI is InChI=1S/C18H24N4O3/c1-11-5-13-6-16(24-4)14(7-17(13)25-11)8-19-18(23)21-12(2)15-9-20-22(3)10-15/h6-7,9-12H,5,8H2,1-4H3,(H2,19,21,23)/t11-,12+/m0/s1. The molecule has 1 aliphatic rings. The maximum absolute atomic E-state index is 12.2. The number of hydrogen-bond donors (Lipinski definition) is 2. The fourth-order valence-corrected chi connectivity index (χ4v) is 2.98. The lowest BCUT2D eigenvalue weighted by atomic mass is 10.1. The van der Waals surface area contributed by atoms with Gasteiger partial charge in [-0.05, 0) is 26.0 Å². The third kappa shape index (κ3) is 3.87. The van der Waals surface area contributed by atoms with Crippen LogP contribution in [-0.2, 0) is 20.0 Å². The molecule has 0 aliphatic carbocycles. The van der Waals surface area contributed by atoms with Crippen LogP contribution in [0.4, 0.5) is 4.79 Å². The molecule has 3 rings (SSSR count). The molecule has 1 aliphatic heterocycles. The smallest absolute Gasteiger partial charge is 0.315 e. The molecule has 2 atom stereocenters. The second-order valence-electron chi connectivity index (χ2n) is 6.40. The first-order chi connectivity index (χ1) is 12.0. The predicted molar refractivity (Wildman–Crippen MR) is 93.8 cm³/mol. The molecule has 1 aromatic carbocycles. The van der Waals surface area contributed by atoms with Gasteiger partial charge in [-0.15, -0.1) is 0 Å². The van der Waals surface area contributed by atoms with E-state index in [-0.39, 0.29) is 18.2 Å². The van der Waals surface area contributed by atoms with Gasteiger partial charge in [-0.1, -0.05) is 0 Å². The van der Waals surface area contributed by atoms with Crippen LogP contribution in [0.2, 0.25) is 0 Å². The van der Waals surface area contributed by atoms with Gasteiger partial charge in [0, 0.05) is 42.9 Å². The first-order valence-corrected chi connectivity index (χ1v) is 8.35. The van der Waals surface area contributed by atoms with Crippen LogP contribution in [-0.4, -0.2) is 29.0 Å². The van der Waals surface area contributed by atoms with Gasteiger partial charge in [0.1, 0.15) is 17.6 Å². The summed E-state index contributed by atoms with van der Waals surface area (Å²) in [6, 6.07) is 3.57. The van der Waals surface area contributed by atoms with Crippen molar-refractivity contribution < 1.29 is 14.3 Å². The predicted octanol–water partition coefficient (Wildman–Crippen LogP) is 2.31. The summed E-state index contributed by atoms with van der Waals surface area (Å²) in [7, 11) is 3.48. The van der Waals surface area contributed by atoms with Gasteiger partial charge in [-0.3, -0.25) is 4.68 Å². The summed E-state index contributed by atoms with van der Waals surface area (Å²) < 4.78 is 12.9. The maximum Gasteiger partial charge on any atom is 0.315 e. The Hall–Kier alpha value is -2.70. The Kier molecular flexibility index (Phi) is 4.83. The molecule has 7 nitrogen and oxygen atoms in total. The van der Waals surface area contributed by atoms with Gasteiger partial charge in [0.05, 0.1) is 19.3 Å². The molecule has 7 heteroatoms. The fraction of sp³-hybridized carbons (Fsp3) is 0.444. The average Bonchev–Trinajstić information content (AvgIpc) is 3.16. The number of ether oxygens (including phenoxy) is 2. The fourth-order valence-electron chi connectivity index (χ4n) is 2.98. The van der Waals surface area contributed by atoms with Crippen molar-refractivity contribution in [1.29, 1.82) is 0 Å². The first kappa shape index (κ1) is 17.1. The third-order valence-electron chi connectivity index (χ3n) is 4.31. The van der Waals surface area contributed by atoms with E-state index >= 15 is 0 Å². The van der Waals surface area contributed by atoms with E-state index in [1.807, 2.05) is 39.2 Å². The first-order valence-electron chi connectivity index (χ1n) is 8.35. The molecule has 1 aromatic heterocycles. The van der Waals surface area contributed by atoms with Crippen molar-refractivity contribution in [3.8, 4) is 11.5 Å². The van der Waals surface area contributed by atoms with Crippen LogP contribution in [0.1, 0.15) is 36.6 Å². The monoisotopic (exact) mass is 344 g/mol. The molecule has 0 unspecified atom stereocenters. The highest BCUT2D eigenvalue weighted by molar-refractivity contribution is 5.74. The van der Waals surface area contributed by atoms with Crippen molar-refractivity contribution in [2.45, 2.75) is 39.0 Å². The van der Waals surface area contributed by atoms with E-state index in [2.05, 4.69) is 15.7 Å². The lowest BCUT2D eigenvalue weighted by Crippen LogP contribution is -2.36. The summed E-state index contributed by atoms with van der Waals surface area (Å²) in [6.07, 6.45) is 4.68. The number of fused-ring (bicyclic) bond motifs is 1. The third-order valence-corrected chi connectivity index (χ3v) is 4.31. The van der Waals surface area contributed by atoms with Gasteiger partial charge in [0.25, 0.3) is 0 Å². The summed E-state index contributed by atoms with van der Waals surface area (Å²) in [5, 5.41) is 9.89. The van der Waals surface area contributed by atoms with Crippen LogP contribution < -0.4 is 20.1 Å². The Bertz CT molecular complexity index is 772. The number of nitrogens with zero attached hydrogens (tertiary/aromatic N) is 2. The Morgan fingerprint density at radius 2 is 2.32 bits per heavy atom. The zero-order chi connectivity index (χ0) is 18.0. The van der Waals surface area contributed by atoms with E-state index in [9.17, 15) is 4.79 Å². The van der Waals surface area contributed by atoms with Crippen LogP contribution >= 0.6 is 0 Å². The number of rotatable bonds is 5. The van der Waals surface area contributed by atoms with Crippen molar-refractivity contribution in [1.82, 2.24) is 20.4 Å². The SMILES string of the molecule is COc1cc2c(cc1CNC(=O)N[C@H](C)c1cnn(C)c1)O[C@@H](C)C2. The molecule has 134 valence electrons. The molecule has 2 heterocycles. The average molecular weight is 344 g/mol. The molecular weight excluding hydrogens is 320 g/mol. The normalized spacial score (nSPS) is 16.7. The van der Waals surface area contributed by atoms with E-state index in [0.29, 0.717) is 6.54 Å². The molecule has 0 radical (unpaired) electrons. The number of amides is 2. The number of benzene rings is 1. The molecule has 2 N–H and O–H groups in total. The van der Waals surface area contributed by atoms with E-state index in [1.54, 1.807) is 18.0 Å². The van der Waals surface area contributed by atoms with Crippen LogP contribution in [0, 0.1) is 0 Å². The van der Waals surface area contributed by atoms with Crippen molar-refractivity contribution in [2.24, 2.45) is 7.05 Å². The van der Waals surface area contributed by atoms with Crippen molar-refractivity contribution >= 4 is 6.03 Å². The summed E-state index contributed by atoms with van der Waals surface area (Å²) >= 11 is 0. The number of nitrogens with one attached hydrogen (secondary N) is 2. The number of carbonyl (C=O) groups excluding carboxylic acids is 1. The van der Waals surface area contributed by atoms with Crippen LogP contribution in [0.3, 0.4) is 0 Å². The number of carbonyl (C=O) groups is 1. The zero-order valence-electron chi connectivity index (χ0n) is 15.0. The Balaban J connectivity index is 1.61. The van der Waals surface area contributed by atoms with E-state index in [4.69, 9.17) is 9.47 Å². The lowest BCUT2D eigenvalue weighted by Gasteiger charge is -2.15. The minimum absolute atomic E-state index is 0.125. The number of hydrogen-bond acceptors (Lipinski definition) is 4. The van der Waals surface area contributed by atoms with Gasteiger partial charge in [0.15, 0.2) is 0 Å². The highest BCUT2D eigenvalue weighted by Gasteiger charge is 2.22. The summed E-state index contributed by atoms with van der Waals surface area (Å²) in [5.74, 6) is 1.63. The Morgan fingerprint density at radius 1 is 1.52 bits per heavy atom. The summed E-state index contributed by atoms with van der Waals surface area (Å²) in [4.78, 5) is 12.2. The Labute approximate surface area is 147 Å². The van der Waals surface area contributed by atoms with Crippen LogP contribution in [0.5, 0.6) is 11.5 Å². The molecule has 0 saturated carbocycles. The van der Waals surface area contributed by atoms with E-state index < -0.39 is 0 Å². The molecule has 0 fully saturated rings. The number of urea groups is 1. The molecule has 2 aromatic rings. The molecule has 0 spiro atoms. The maximum atomic E-state index is 12.2. The molecule has 0 saturated heterocycles. The largest absolute Gasteiger partial charge is 0.496 e. The Morgan fingerprint density at radius 3 is 3.00 bits per heavy atom. The number of aryl methyl sites for hydroxylation is 1. The number of aromatic nitrogens is 2. The quantitative estimate of drug-likeness (QED) is 0.873. The lowest BCUT2D eigenvalue weighted by molar-refractivity contribution is 0.237. The van der Waals surface area contributed by atoms with Gasteiger partial charge >= 0.3 is 6.03 Å². The molecule has 2 amide bonds. The minimum Gasteiger partial charge on any atom is -0.496 e. The second-order valence-corrected chi connectivity index (χ2v) is 6.40. The molecule has 25 heavy (non-hydrogen) atoms.